The highest BCUT2D eigenvalue weighted by Crippen LogP contribution is 2.40. The van der Waals surface area contributed by atoms with Crippen LogP contribution in [0.5, 0.6) is 5.75 Å². The lowest BCUT2D eigenvalue weighted by atomic mass is 10.1. The van der Waals surface area contributed by atoms with Crippen molar-refractivity contribution < 1.29 is 33.0 Å². The maximum absolute atomic E-state index is 13.7. The normalized spacial score (nSPS) is 24.0. The molecule has 2 bridgehead atoms. The molecule has 10 heteroatoms. The maximum atomic E-state index is 13.7. The van der Waals surface area contributed by atoms with Gasteiger partial charge in [-0.3, -0.25) is 14.4 Å². The van der Waals surface area contributed by atoms with Gasteiger partial charge in [0.1, 0.15) is 11.6 Å². The van der Waals surface area contributed by atoms with E-state index < -0.39 is 41.2 Å². The highest BCUT2D eigenvalue weighted by atomic mass is 19.1. The van der Waals surface area contributed by atoms with Crippen LogP contribution in [0, 0.1) is 11.6 Å². The van der Waals surface area contributed by atoms with Gasteiger partial charge in [-0.15, -0.1) is 0 Å². The number of nitrogens with one attached hydrogen (secondary N) is 1. The van der Waals surface area contributed by atoms with Gasteiger partial charge in [-0.1, -0.05) is 6.07 Å². The first kappa shape index (κ1) is 19.7. The number of hydrogen-bond donors (Lipinski definition) is 2. The fraction of sp³-hybridized carbons (Fsp3) is 0.381. The second-order valence-electron chi connectivity index (χ2n) is 8.03. The Labute approximate surface area is 175 Å². The van der Waals surface area contributed by atoms with Crippen LogP contribution < -0.4 is 5.32 Å². The van der Waals surface area contributed by atoms with Crippen LogP contribution in [0.2, 0.25) is 0 Å². The van der Waals surface area contributed by atoms with Crippen LogP contribution in [0.15, 0.2) is 24.4 Å². The summed E-state index contributed by atoms with van der Waals surface area (Å²) in [5.74, 6) is -4.75. The molecule has 2 aliphatic heterocycles. The number of rotatable bonds is 4. The van der Waals surface area contributed by atoms with Gasteiger partial charge in [0, 0.05) is 30.4 Å². The molecule has 3 atom stereocenters. The number of ketones is 1. The van der Waals surface area contributed by atoms with E-state index >= 15 is 0 Å². The van der Waals surface area contributed by atoms with Gasteiger partial charge < -0.3 is 24.6 Å². The van der Waals surface area contributed by atoms with E-state index in [4.69, 9.17) is 4.74 Å². The van der Waals surface area contributed by atoms with Crippen LogP contribution in [-0.2, 0) is 22.6 Å². The summed E-state index contributed by atoms with van der Waals surface area (Å²) in [6, 6.07) is 2.90. The fourth-order valence-electron chi connectivity index (χ4n) is 4.66. The highest BCUT2D eigenvalue weighted by molar-refractivity contribution is 6.43. The SMILES string of the molecule is O=C(NCc1ccc(F)cc1F)C(=O)c1cn2c(c1O)C(=O)N1[C@H]3CC[C@H](C3)O[C@@H]1C2. The van der Waals surface area contributed by atoms with Gasteiger partial charge in [0.15, 0.2) is 17.7 Å². The number of hydrogen-bond acceptors (Lipinski definition) is 5. The number of nitrogens with zero attached hydrogens (tertiary/aromatic N) is 2. The van der Waals surface area contributed by atoms with Crippen molar-refractivity contribution in [1.29, 1.82) is 0 Å². The topological polar surface area (TPSA) is 101 Å². The molecule has 0 unspecified atom stereocenters. The molecule has 5 rings (SSSR count). The Morgan fingerprint density at radius 3 is 2.84 bits per heavy atom. The van der Waals surface area contributed by atoms with E-state index in [2.05, 4.69) is 5.32 Å². The second-order valence-corrected chi connectivity index (χ2v) is 8.03. The summed E-state index contributed by atoms with van der Waals surface area (Å²) in [7, 11) is 0. The van der Waals surface area contributed by atoms with Crippen LogP contribution in [0.25, 0.3) is 0 Å². The van der Waals surface area contributed by atoms with E-state index in [0.29, 0.717) is 6.07 Å². The lowest BCUT2D eigenvalue weighted by molar-refractivity contribution is -0.131. The van der Waals surface area contributed by atoms with Crippen LogP contribution >= 0.6 is 0 Å². The maximum Gasteiger partial charge on any atom is 0.292 e. The van der Waals surface area contributed by atoms with E-state index in [1.54, 1.807) is 4.90 Å². The number of amides is 2. The van der Waals surface area contributed by atoms with Gasteiger partial charge in [0.25, 0.3) is 17.6 Å². The van der Waals surface area contributed by atoms with Crippen molar-refractivity contribution in [3.63, 3.8) is 0 Å². The lowest BCUT2D eigenvalue weighted by Gasteiger charge is -2.43. The van der Waals surface area contributed by atoms with Gasteiger partial charge in [-0.25, -0.2) is 8.78 Å². The molecular weight excluding hydrogens is 412 g/mol. The Kier molecular flexibility index (Phi) is 4.54. The first-order chi connectivity index (χ1) is 14.8. The summed E-state index contributed by atoms with van der Waals surface area (Å²) in [4.78, 5) is 39.5. The van der Waals surface area contributed by atoms with Crippen molar-refractivity contribution >= 4 is 17.6 Å². The molecule has 3 heterocycles. The molecule has 8 nitrogen and oxygen atoms in total. The third-order valence-electron chi connectivity index (χ3n) is 6.16. The van der Waals surface area contributed by atoms with Crippen molar-refractivity contribution in [3.05, 3.63) is 52.9 Å². The molecule has 1 aromatic carbocycles. The molecule has 31 heavy (non-hydrogen) atoms. The number of aromatic hydroxyl groups is 1. The van der Waals surface area contributed by atoms with Crippen molar-refractivity contribution in [2.24, 2.45) is 0 Å². The number of carbonyl (C=O) groups excluding carboxylic acids is 3. The third-order valence-corrected chi connectivity index (χ3v) is 6.16. The summed E-state index contributed by atoms with van der Waals surface area (Å²) in [5, 5.41) is 12.8. The van der Waals surface area contributed by atoms with Crippen molar-refractivity contribution in [2.75, 3.05) is 0 Å². The van der Waals surface area contributed by atoms with Gasteiger partial charge in [-0.05, 0) is 25.3 Å². The number of carbonyl (C=O) groups is 3. The Morgan fingerprint density at radius 2 is 2.06 bits per heavy atom. The minimum absolute atomic E-state index is 0.00204. The summed E-state index contributed by atoms with van der Waals surface area (Å²) < 4.78 is 34.1. The second kappa shape index (κ2) is 7.16. The molecule has 2 fully saturated rings. The molecule has 2 N–H and O–H groups in total. The van der Waals surface area contributed by atoms with Gasteiger partial charge in [0.05, 0.1) is 18.2 Å². The minimum Gasteiger partial charge on any atom is -0.505 e. The van der Waals surface area contributed by atoms with E-state index in [9.17, 15) is 28.3 Å². The standard InChI is InChI=1S/C21H19F2N3O5/c22-11-2-1-10(15(23)5-11)7-24-20(29)19(28)14-8-25-9-16-26(21(30)17(25)18(14)27)12-3-4-13(6-12)31-16/h1-2,5,8,12-13,16,27H,3-4,6-7,9H2,(H,24,29)/t12-,13+,16+/m0/s1. The minimum atomic E-state index is -1.08. The Morgan fingerprint density at radius 1 is 1.26 bits per heavy atom. The predicted molar refractivity (Wildman–Crippen MR) is 101 cm³/mol. The van der Waals surface area contributed by atoms with Crippen LogP contribution in [-0.4, -0.2) is 50.5 Å². The third kappa shape index (κ3) is 3.18. The molecule has 1 saturated carbocycles. The molecule has 162 valence electrons. The number of fused-ring (bicyclic) bond motifs is 5. The summed E-state index contributed by atoms with van der Waals surface area (Å²) in [5.41, 5.74) is -0.362. The molecule has 1 aromatic heterocycles. The number of halogens is 2. The largest absolute Gasteiger partial charge is 0.505 e. The van der Waals surface area contributed by atoms with Crippen LogP contribution in [0.1, 0.15) is 45.7 Å². The Bertz CT molecular complexity index is 1110. The van der Waals surface area contributed by atoms with Gasteiger partial charge >= 0.3 is 0 Å². The van der Waals surface area contributed by atoms with Crippen molar-refractivity contribution in [3.8, 4) is 5.75 Å². The summed E-state index contributed by atoms with van der Waals surface area (Å²) >= 11 is 0. The van der Waals surface area contributed by atoms with Crippen LogP contribution in [0.4, 0.5) is 8.78 Å². The van der Waals surface area contributed by atoms with E-state index in [-0.39, 0.29) is 42.1 Å². The average molecular weight is 431 g/mol. The molecule has 2 aromatic rings. The summed E-state index contributed by atoms with van der Waals surface area (Å²) in [6.45, 7) is -0.0893. The number of ether oxygens (including phenoxy) is 1. The van der Waals surface area contributed by atoms with E-state index in [1.165, 1.54) is 10.8 Å². The van der Waals surface area contributed by atoms with Crippen molar-refractivity contribution in [2.45, 2.75) is 50.7 Å². The molecule has 2 amide bonds. The van der Waals surface area contributed by atoms with Crippen molar-refractivity contribution in [1.82, 2.24) is 14.8 Å². The monoisotopic (exact) mass is 431 g/mol. The molecule has 1 saturated heterocycles. The van der Waals surface area contributed by atoms with Gasteiger partial charge in [-0.2, -0.15) is 0 Å². The Hall–Kier alpha value is -3.27. The lowest BCUT2D eigenvalue weighted by Crippen LogP contribution is -2.56. The quantitative estimate of drug-likeness (QED) is 0.567. The molecule has 1 aliphatic carbocycles. The smallest absolute Gasteiger partial charge is 0.292 e. The zero-order valence-electron chi connectivity index (χ0n) is 16.3. The molecular formula is C21H19F2N3O5. The highest BCUT2D eigenvalue weighted by Gasteiger charge is 2.48. The predicted octanol–water partition coefficient (Wildman–Crippen LogP) is 1.70. The van der Waals surface area contributed by atoms with Crippen LogP contribution in [0.3, 0.4) is 0 Å². The number of aromatic nitrogens is 1. The first-order valence-corrected chi connectivity index (χ1v) is 10.00. The first-order valence-electron chi connectivity index (χ1n) is 10.00. The average Bonchev–Trinajstić information content (AvgIpc) is 3.26. The molecule has 0 radical (unpaired) electrons. The zero-order chi connectivity index (χ0) is 21.9. The molecule has 0 spiro atoms. The number of benzene rings is 1. The fourth-order valence-corrected chi connectivity index (χ4v) is 4.66. The zero-order valence-corrected chi connectivity index (χ0v) is 16.3. The van der Waals surface area contributed by atoms with E-state index in [1.807, 2.05) is 0 Å². The molecule has 3 aliphatic rings. The van der Waals surface area contributed by atoms with Gasteiger partial charge in [0.2, 0.25) is 0 Å². The van der Waals surface area contributed by atoms with E-state index in [0.717, 1.165) is 31.4 Å². The number of Topliss-reactive ketones (excluding diaryl/α,β-unsaturated/α-hetero) is 1. The Balaban J connectivity index is 1.35. The summed E-state index contributed by atoms with van der Waals surface area (Å²) in [6.07, 6.45) is 3.34.